The molecule has 6 heteroatoms. The Morgan fingerprint density at radius 2 is 2.00 bits per heavy atom. The third kappa shape index (κ3) is 3.53. The van der Waals surface area contributed by atoms with Crippen LogP contribution < -0.4 is 5.32 Å². The van der Waals surface area contributed by atoms with Crippen LogP contribution in [-0.2, 0) is 11.3 Å². The van der Waals surface area contributed by atoms with E-state index >= 15 is 0 Å². The van der Waals surface area contributed by atoms with E-state index in [-0.39, 0.29) is 18.5 Å². The number of amides is 1. The summed E-state index contributed by atoms with van der Waals surface area (Å²) in [6, 6.07) is 10.1. The van der Waals surface area contributed by atoms with Crippen molar-refractivity contribution >= 4 is 5.91 Å². The van der Waals surface area contributed by atoms with Crippen LogP contribution >= 0.6 is 0 Å². The normalized spacial score (nSPS) is 12.1. The summed E-state index contributed by atoms with van der Waals surface area (Å²) in [5.41, 5.74) is 4.17. The minimum Gasteiger partial charge on any atom is -0.348 e. The second-order valence-electron chi connectivity index (χ2n) is 5.95. The van der Waals surface area contributed by atoms with Gasteiger partial charge in [0.15, 0.2) is 0 Å². The minimum absolute atomic E-state index is 0.0388. The van der Waals surface area contributed by atoms with Crippen LogP contribution in [0.2, 0.25) is 0 Å². The summed E-state index contributed by atoms with van der Waals surface area (Å²) < 4.78 is 3.66. The standard InChI is InChI=1S/C18H21N5O/c1-13-10-14(2)23(21-13)17-6-4-16(5-7-17)15(3)20-18(24)11-22-9-8-19-12-22/h4-10,12,15H,11H2,1-3H3,(H,20,24). The van der Waals surface area contributed by atoms with Crippen molar-refractivity contribution in [2.24, 2.45) is 0 Å². The first kappa shape index (κ1) is 16.0. The van der Waals surface area contributed by atoms with Gasteiger partial charge in [-0.2, -0.15) is 5.10 Å². The van der Waals surface area contributed by atoms with E-state index in [4.69, 9.17) is 0 Å². The molecular formula is C18H21N5O. The molecule has 24 heavy (non-hydrogen) atoms. The number of benzene rings is 1. The number of aryl methyl sites for hydroxylation is 2. The van der Waals surface area contributed by atoms with E-state index in [1.165, 1.54) is 0 Å². The van der Waals surface area contributed by atoms with E-state index in [0.29, 0.717) is 0 Å². The van der Waals surface area contributed by atoms with E-state index in [1.54, 1.807) is 23.3 Å². The Kier molecular flexibility index (Phi) is 4.46. The van der Waals surface area contributed by atoms with Gasteiger partial charge >= 0.3 is 0 Å². The summed E-state index contributed by atoms with van der Waals surface area (Å²) in [5, 5.41) is 7.48. The molecule has 2 heterocycles. The second-order valence-corrected chi connectivity index (χ2v) is 5.95. The zero-order valence-electron chi connectivity index (χ0n) is 14.1. The highest BCUT2D eigenvalue weighted by atomic mass is 16.2. The van der Waals surface area contributed by atoms with Crippen LogP contribution in [0.1, 0.15) is 29.9 Å². The maximum absolute atomic E-state index is 12.1. The number of imidazole rings is 1. The average Bonchev–Trinajstić information content (AvgIpc) is 3.16. The molecule has 3 rings (SSSR count). The summed E-state index contributed by atoms with van der Waals surface area (Å²) in [6.45, 7) is 6.26. The molecule has 1 N–H and O–H groups in total. The van der Waals surface area contributed by atoms with Crippen LogP contribution in [0.5, 0.6) is 0 Å². The van der Waals surface area contributed by atoms with Crippen molar-refractivity contribution in [3.8, 4) is 5.69 Å². The van der Waals surface area contributed by atoms with Crippen LogP contribution in [0.4, 0.5) is 0 Å². The van der Waals surface area contributed by atoms with Gasteiger partial charge in [0.1, 0.15) is 6.54 Å². The summed E-state index contributed by atoms with van der Waals surface area (Å²) in [7, 11) is 0. The quantitative estimate of drug-likeness (QED) is 0.785. The molecule has 1 unspecified atom stereocenters. The molecule has 0 spiro atoms. The smallest absolute Gasteiger partial charge is 0.240 e. The third-order valence-corrected chi connectivity index (χ3v) is 3.91. The largest absolute Gasteiger partial charge is 0.348 e. The number of rotatable bonds is 5. The zero-order valence-corrected chi connectivity index (χ0v) is 14.1. The van der Waals surface area contributed by atoms with E-state index < -0.39 is 0 Å². The highest BCUT2D eigenvalue weighted by molar-refractivity contribution is 5.76. The van der Waals surface area contributed by atoms with Gasteiger partial charge in [-0.15, -0.1) is 0 Å². The number of nitrogens with one attached hydrogen (secondary N) is 1. The van der Waals surface area contributed by atoms with Crippen molar-refractivity contribution in [3.05, 3.63) is 66.0 Å². The molecule has 0 aliphatic rings. The van der Waals surface area contributed by atoms with Gasteiger partial charge in [0.2, 0.25) is 5.91 Å². The van der Waals surface area contributed by atoms with Crippen LogP contribution in [-0.4, -0.2) is 25.2 Å². The van der Waals surface area contributed by atoms with Crippen LogP contribution in [0.3, 0.4) is 0 Å². The van der Waals surface area contributed by atoms with Gasteiger partial charge < -0.3 is 9.88 Å². The average molecular weight is 323 g/mol. The fourth-order valence-corrected chi connectivity index (χ4v) is 2.71. The van der Waals surface area contributed by atoms with E-state index in [9.17, 15) is 4.79 Å². The molecular weight excluding hydrogens is 302 g/mol. The number of hydrogen-bond donors (Lipinski definition) is 1. The molecule has 124 valence electrons. The van der Waals surface area contributed by atoms with Gasteiger partial charge in [0.05, 0.1) is 23.8 Å². The van der Waals surface area contributed by atoms with Gasteiger partial charge in [-0.3, -0.25) is 4.79 Å². The lowest BCUT2D eigenvalue weighted by atomic mass is 10.1. The van der Waals surface area contributed by atoms with Gasteiger partial charge in [0, 0.05) is 18.1 Å². The molecule has 0 fully saturated rings. The molecule has 3 aromatic rings. The molecule has 0 radical (unpaired) electrons. The van der Waals surface area contributed by atoms with Gasteiger partial charge in [-0.1, -0.05) is 12.1 Å². The number of nitrogens with zero attached hydrogens (tertiary/aromatic N) is 4. The van der Waals surface area contributed by atoms with Crippen molar-refractivity contribution in [1.82, 2.24) is 24.6 Å². The van der Waals surface area contributed by atoms with Crippen molar-refractivity contribution < 1.29 is 4.79 Å². The maximum atomic E-state index is 12.1. The Labute approximate surface area is 141 Å². The fraction of sp³-hybridized carbons (Fsp3) is 0.278. The Hall–Kier alpha value is -2.89. The Bertz CT molecular complexity index is 818. The lowest BCUT2D eigenvalue weighted by Crippen LogP contribution is -2.29. The Balaban J connectivity index is 1.66. The lowest BCUT2D eigenvalue weighted by molar-refractivity contribution is -0.122. The summed E-state index contributed by atoms with van der Waals surface area (Å²) in [4.78, 5) is 16.0. The van der Waals surface area contributed by atoms with E-state index in [2.05, 4.69) is 15.4 Å². The lowest BCUT2D eigenvalue weighted by Gasteiger charge is -2.15. The van der Waals surface area contributed by atoms with Crippen molar-refractivity contribution in [2.75, 3.05) is 0 Å². The number of carbonyl (C=O) groups excluding carboxylic acids is 1. The van der Waals surface area contributed by atoms with E-state index in [0.717, 1.165) is 22.6 Å². The summed E-state index contributed by atoms with van der Waals surface area (Å²) >= 11 is 0. The third-order valence-electron chi connectivity index (χ3n) is 3.91. The predicted octanol–water partition coefficient (Wildman–Crippen LogP) is 2.56. The first-order valence-corrected chi connectivity index (χ1v) is 7.91. The number of hydrogen-bond acceptors (Lipinski definition) is 3. The van der Waals surface area contributed by atoms with Crippen LogP contribution in [0.15, 0.2) is 49.1 Å². The Morgan fingerprint density at radius 1 is 1.25 bits per heavy atom. The molecule has 1 atom stereocenters. The summed E-state index contributed by atoms with van der Waals surface area (Å²) in [5.74, 6) is -0.0388. The predicted molar refractivity (Wildman–Crippen MR) is 91.8 cm³/mol. The topological polar surface area (TPSA) is 64.7 Å². The molecule has 0 saturated carbocycles. The molecule has 0 saturated heterocycles. The maximum Gasteiger partial charge on any atom is 0.240 e. The fourth-order valence-electron chi connectivity index (χ4n) is 2.71. The highest BCUT2D eigenvalue weighted by Crippen LogP contribution is 2.17. The number of carbonyl (C=O) groups is 1. The molecule has 0 aliphatic carbocycles. The van der Waals surface area contributed by atoms with Gasteiger partial charge in [0.25, 0.3) is 0 Å². The first-order chi connectivity index (χ1) is 11.5. The van der Waals surface area contributed by atoms with Crippen molar-refractivity contribution in [2.45, 2.75) is 33.4 Å². The second kappa shape index (κ2) is 6.70. The molecule has 1 amide bonds. The van der Waals surface area contributed by atoms with Crippen molar-refractivity contribution in [1.29, 1.82) is 0 Å². The molecule has 1 aromatic carbocycles. The zero-order chi connectivity index (χ0) is 17.1. The SMILES string of the molecule is Cc1cc(C)n(-c2ccc(C(C)NC(=O)Cn3ccnc3)cc2)n1. The Morgan fingerprint density at radius 3 is 2.58 bits per heavy atom. The van der Waals surface area contributed by atoms with Crippen LogP contribution in [0.25, 0.3) is 5.69 Å². The molecule has 2 aromatic heterocycles. The van der Waals surface area contributed by atoms with Gasteiger partial charge in [-0.25, -0.2) is 9.67 Å². The van der Waals surface area contributed by atoms with Crippen molar-refractivity contribution in [3.63, 3.8) is 0 Å². The molecule has 0 aliphatic heterocycles. The molecule has 0 bridgehead atoms. The first-order valence-electron chi connectivity index (χ1n) is 7.91. The molecule has 6 nitrogen and oxygen atoms in total. The minimum atomic E-state index is -0.0597. The van der Waals surface area contributed by atoms with Gasteiger partial charge in [-0.05, 0) is 44.5 Å². The monoisotopic (exact) mass is 323 g/mol. The van der Waals surface area contributed by atoms with E-state index in [1.807, 2.05) is 55.8 Å². The highest BCUT2D eigenvalue weighted by Gasteiger charge is 2.11. The van der Waals surface area contributed by atoms with Crippen LogP contribution in [0, 0.1) is 13.8 Å². The summed E-state index contributed by atoms with van der Waals surface area (Å²) in [6.07, 6.45) is 5.06. The number of aromatic nitrogens is 4.